The summed E-state index contributed by atoms with van der Waals surface area (Å²) in [4.78, 5) is 0. The second-order valence-electron chi connectivity index (χ2n) is 2.12. The van der Waals surface area contributed by atoms with E-state index in [1.807, 2.05) is 0 Å². The van der Waals surface area contributed by atoms with Gasteiger partial charge in [-0.2, -0.15) is 5.10 Å². The number of hydrogen-bond donors (Lipinski definition) is 1. The molecule has 0 spiro atoms. The zero-order valence-corrected chi connectivity index (χ0v) is 6.09. The molecule has 1 aromatic rings. The molecule has 0 aliphatic heterocycles. The summed E-state index contributed by atoms with van der Waals surface area (Å²) < 4.78 is 0. The number of aromatic nitrogens is 2. The van der Waals surface area contributed by atoms with Crippen molar-refractivity contribution in [2.24, 2.45) is 0 Å². The van der Waals surface area contributed by atoms with E-state index in [0.717, 1.165) is 10.6 Å². The van der Waals surface area contributed by atoms with Crippen LogP contribution in [-0.4, -0.2) is 10.2 Å². The third-order valence-corrected chi connectivity index (χ3v) is 1.27. The molecule has 1 rings (SSSR count). The van der Waals surface area contributed by atoms with E-state index in [2.05, 4.69) is 29.3 Å². The topological polar surface area (TPSA) is 28.7 Å². The standard InChI is InChI=1S/C9H8N2/c1-4-7(2)5-9-6-10-11-8(9)3/h1,5-6,11H,2-3H2/b9-5-. The summed E-state index contributed by atoms with van der Waals surface area (Å²) in [7, 11) is 0. The maximum atomic E-state index is 5.11. The highest BCUT2D eigenvalue weighted by atomic mass is 15.1. The van der Waals surface area contributed by atoms with Gasteiger partial charge in [-0.1, -0.05) is 19.1 Å². The van der Waals surface area contributed by atoms with Gasteiger partial charge in [0.25, 0.3) is 0 Å². The van der Waals surface area contributed by atoms with Crippen LogP contribution in [-0.2, 0) is 0 Å². The van der Waals surface area contributed by atoms with E-state index in [1.165, 1.54) is 0 Å². The van der Waals surface area contributed by atoms with Gasteiger partial charge in [0.1, 0.15) is 0 Å². The minimum atomic E-state index is 0.622. The Bertz CT molecular complexity index is 404. The Hall–Kier alpha value is -1.75. The number of allylic oxidation sites excluding steroid dienone is 1. The van der Waals surface area contributed by atoms with E-state index in [4.69, 9.17) is 6.42 Å². The second-order valence-corrected chi connectivity index (χ2v) is 2.12. The average molecular weight is 144 g/mol. The van der Waals surface area contributed by atoms with Crippen LogP contribution in [0.15, 0.2) is 18.3 Å². The molecule has 0 unspecified atom stereocenters. The maximum Gasteiger partial charge on any atom is 0.0578 e. The highest BCUT2D eigenvalue weighted by molar-refractivity contribution is 5.54. The summed E-state index contributed by atoms with van der Waals surface area (Å²) in [5.74, 6) is 2.41. The maximum absolute atomic E-state index is 5.11. The SMILES string of the molecule is C#CC(=C)/C=c1/cn[nH]c1=C. The van der Waals surface area contributed by atoms with Crippen LogP contribution >= 0.6 is 0 Å². The van der Waals surface area contributed by atoms with Gasteiger partial charge in [-0.25, -0.2) is 0 Å². The van der Waals surface area contributed by atoms with Gasteiger partial charge >= 0.3 is 0 Å². The van der Waals surface area contributed by atoms with Crippen LogP contribution in [0.2, 0.25) is 0 Å². The number of H-pyrrole nitrogens is 1. The molecule has 0 saturated carbocycles. The number of nitrogens with zero attached hydrogens (tertiary/aromatic N) is 1. The fourth-order valence-electron chi connectivity index (χ4n) is 0.676. The quantitative estimate of drug-likeness (QED) is 0.543. The second kappa shape index (κ2) is 2.89. The fourth-order valence-corrected chi connectivity index (χ4v) is 0.676. The van der Waals surface area contributed by atoms with Crippen molar-refractivity contribution in [2.75, 3.05) is 0 Å². The van der Waals surface area contributed by atoms with Gasteiger partial charge in [0.05, 0.1) is 11.5 Å². The summed E-state index contributed by atoms with van der Waals surface area (Å²) in [6.45, 7) is 7.34. The van der Waals surface area contributed by atoms with Gasteiger partial charge in [0.2, 0.25) is 0 Å². The van der Waals surface area contributed by atoms with Crippen LogP contribution in [0, 0.1) is 12.3 Å². The Morgan fingerprint density at radius 2 is 2.55 bits per heavy atom. The van der Waals surface area contributed by atoms with Crippen molar-refractivity contribution in [2.45, 2.75) is 0 Å². The minimum Gasteiger partial charge on any atom is -0.278 e. The van der Waals surface area contributed by atoms with Gasteiger partial charge in [0, 0.05) is 10.8 Å². The molecule has 2 heteroatoms. The average Bonchev–Trinajstić information content (AvgIpc) is 2.37. The zero-order chi connectivity index (χ0) is 8.27. The van der Waals surface area contributed by atoms with E-state index in [1.54, 1.807) is 12.3 Å². The Balaban J connectivity index is 3.24. The van der Waals surface area contributed by atoms with Crippen LogP contribution in [0.5, 0.6) is 0 Å². The third kappa shape index (κ3) is 1.59. The van der Waals surface area contributed by atoms with E-state index in [-0.39, 0.29) is 0 Å². The van der Waals surface area contributed by atoms with Crippen molar-refractivity contribution in [3.63, 3.8) is 0 Å². The van der Waals surface area contributed by atoms with Gasteiger partial charge in [-0.15, -0.1) is 6.42 Å². The molecule has 1 heterocycles. The summed E-state index contributed by atoms with van der Waals surface area (Å²) in [5, 5.41) is 8.11. The molecule has 1 aromatic heterocycles. The molecule has 0 aliphatic rings. The lowest BCUT2D eigenvalue weighted by Crippen LogP contribution is -2.19. The monoisotopic (exact) mass is 144 g/mol. The molecule has 0 aliphatic carbocycles. The minimum absolute atomic E-state index is 0.622. The molecule has 54 valence electrons. The Morgan fingerprint density at radius 3 is 3.00 bits per heavy atom. The lowest BCUT2D eigenvalue weighted by atomic mass is 10.2. The van der Waals surface area contributed by atoms with E-state index < -0.39 is 0 Å². The molecule has 0 atom stereocenters. The molecule has 0 aromatic carbocycles. The van der Waals surface area contributed by atoms with Crippen LogP contribution in [0.1, 0.15) is 0 Å². The first-order chi connectivity index (χ1) is 5.24. The van der Waals surface area contributed by atoms with Crippen molar-refractivity contribution in [3.8, 4) is 12.3 Å². The predicted molar refractivity (Wildman–Crippen MR) is 45.8 cm³/mol. The Labute approximate surface area is 64.9 Å². The number of aromatic amines is 1. The third-order valence-electron chi connectivity index (χ3n) is 1.27. The number of nitrogens with one attached hydrogen (secondary N) is 1. The van der Waals surface area contributed by atoms with Crippen molar-refractivity contribution in [1.82, 2.24) is 10.2 Å². The predicted octanol–water partition coefficient (Wildman–Crippen LogP) is -0.210. The van der Waals surface area contributed by atoms with E-state index in [9.17, 15) is 0 Å². The van der Waals surface area contributed by atoms with Crippen LogP contribution in [0.4, 0.5) is 0 Å². The smallest absolute Gasteiger partial charge is 0.0578 e. The Morgan fingerprint density at radius 1 is 1.82 bits per heavy atom. The van der Waals surface area contributed by atoms with Crippen LogP contribution in [0.25, 0.3) is 12.7 Å². The van der Waals surface area contributed by atoms with Crippen molar-refractivity contribution in [3.05, 3.63) is 28.9 Å². The van der Waals surface area contributed by atoms with Crippen molar-refractivity contribution < 1.29 is 0 Å². The van der Waals surface area contributed by atoms with E-state index in [0.29, 0.717) is 5.57 Å². The van der Waals surface area contributed by atoms with Gasteiger partial charge in [0.15, 0.2) is 0 Å². The van der Waals surface area contributed by atoms with Crippen LogP contribution < -0.4 is 10.6 Å². The normalized spacial score (nSPS) is 11.0. The first-order valence-electron chi connectivity index (χ1n) is 3.09. The first-order valence-corrected chi connectivity index (χ1v) is 3.09. The molecule has 1 N–H and O–H groups in total. The molecule has 0 bridgehead atoms. The summed E-state index contributed by atoms with van der Waals surface area (Å²) in [6.07, 6.45) is 8.52. The molecule has 0 saturated heterocycles. The highest BCUT2D eigenvalue weighted by Gasteiger charge is 1.84. The summed E-state index contributed by atoms with van der Waals surface area (Å²) >= 11 is 0. The number of terminal acetylenes is 1. The summed E-state index contributed by atoms with van der Waals surface area (Å²) in [5.41, 5.74) is 0.622. The fraction of sp³-hybridized carbons (Fsp3) is 0. The summed E-state index contributed by atoms with van der Waals surface area (Å²) in [6, 6.07) is 0. The highest BCUT2D eigenvalue weighted by Crippen LogP contribution is 1.84. The lowest BCUT2D eigenvalue weighted by molar-refractivity contribution is 1.06. The first kappa shape index (κ1) is 7.36. The molecule has 0 radical (unpaired) electrons. The van der Waals surface area contributed by atoms with Crippen LogP contribution in [0.3, 0.4) is 0 Å². The van der Waals surface area contributed by atoms with Crippen molar-refractivity contribution >= 4 is 12.7 Å². The van der Waals surface area contributed by atoms with E-state index >= 15 is 0 Å². The zero-order valence-electron chi connectivity index (χ0n) is 6.09. The van der Waals surface area contributed by atoms with Gasteiger partial charge in [-0.3, -0.25) is 5.10 Å². The van der Waals surface area contributed by atoms with Crippen molar-refractivity contribution in [1.29, 1.82) is 0 Å². The number of rotatable bonds is 1. The molecule has 0 amide bonds. The van der Waals surface area contributed by atoms with Gasteiger partial charge in [-0.05, 0) is 6.08 Å². The molecule has 2 nitrogen and oxygen atoms in total. The molecular weight excluding hydrogens is 136 g/mol. The lowest BCUT2D eigenvalue weighted by Gasteiger charge is -1.79. The molecular formula is C9H8N2. The Kier molecular flexibility index (Phi) is 1.93. The van der Waals surface area contributed by atoms with Gasteiger partial charge < -0.3 is 0 Å². The molecule has 11 heavy (non-hydrogen) atoms. The molecule has 0 fully saturated rings. The largest absolute Gasteiger partial charge is 0.278 e. The number of hydrogen-bond acceptors (Lipinski definition) is 1.